The highest BCUT2D eigenvalue weighted by molar-refractivity contribution is 5.60. The largest absolute Gasteiger partial charge is 0.497 e. The predicted molar refractivity (Wildman–Crippen MR) is 74.0 cm³/mol. The summed E-state index contributed by atoms with van der Waals surface area (Å²) in [6.45, 7) is 3.89. The van der Waals surface area contributed by atoms with Crippen LogP contribution in [-0.2, 0) is 0 Å². The van der Waals surface area contributed by atoms with Crippen LogP contribution in [0.3, 0.4) is 0 Å². The Labute approximate surface area is 113 Å². The first kappa shape index (κ1) is 15.0. The van der Waals surface area contributed by atoms with Gasteiger partial charge < -0.3 is 9.47 Å². The Morgan fingerprint density at radius 3 is 2.53 bits per heavy atom. The highest BCUT2D eigenvalue weighted by Crippen LogP contribution is 2.27. The van der Waals surface area contributed by atoms with Crippen molar-refractivity contribution in [1.82, 2.24) is 0 Å². The summed E-state index contributed by atoms with van der Waals surface area (Å²) in [5, 5.41) is 11.1. The maximum Gasteiger partial charge on any atom is 0.247 e. The van der Waals surface area contributed by atoms with Gasteiger partial charge in [0.05, 0.1) is 19.1 Å². The third-order valence-electron chi connectivity index (χ3n) is 2.61. The van der Waals surface area contributed by atoms with Gasteiger partial charge in [0.2, 0.25) is 5.70 Å². The zero-order valence-electron chi connectivity index (χ0n) is 11.7. The molecule has 104 valence electrons. The molecular formula is C14H19NO4. The summed E-state index contributed by atoms with van der Waals surface area (Å²) in [5.41, 5.74) is 0.816. The monoisotopic (exact) mass is 265 g/mol. The molecule has 1 aromatic rings. The van der Waals surface area contributed by atoms with Gasteiger partial charge in [-0.2, -0.15) is 0 Å². The van der Waals surface area contributed by atoms with Crippen molar-refractivity contribution in [3.8, 4) is 11.5 Å². The van der Waals surface area contributed by atoms with E-state index in [1.165, 1.54) is 7.11 Å². The van der Waals surface area contributed by atoms with Gasteiger partial charge in [0, 0.05) is 18.1 Å². The van der Waals surface area contributed by atoms with Gasteiger partial charge in [-0.15, -0.1) is 0 Å². The molecule has 5 heteroatoms. The van der Waals surface area contributed by atoms with Crippen molar-refractivity contribution in [3.05, 3.63) is 39.6 Å². The lowest BCUT2D eigenvalue weighted by Gasteiger charge is -2.08. The molecule has 5 nitrogen and oxygen atoms in total. The lowest BCUT2D eigenvalue weighted by molar-refractivity contribution is -0.427. The van der Waals surface area contributed by atoms with Crippen LogP contribution in [0.15, 0.2) is 23.9 Å². The fraction of sp³-hybridized carbons (Fsp3) is 0.429. The van der Waals surface area contributed by atoms with Crippen molar-refractivity contribution >= 4 is 6.08 Å². The Morgan fingerprint density at radius 2 is 2.05 bits per heavy atom. The standard InChI is InChI=1S/C14H19NO4/c1-10(2)7-12(15(16)17)8-11-9-13(18-3)5-6-14(11)19-4/h5-6,8-10H,7H2,1-4H3. The van der Waals surface area contributed by atoms with Crippen LogP contribution in [0, 0.1) is 16.0 Å². The third-order valence-corrected chi connectivity index (χ3v) is 2.61. The second-order valence-corrected chi connectivity index (χ2v) is 4.60. The first-order valence-corrected chi connectivity index (χ1v) is 6.05. The predicted octanol–water partition coefficient (Wildman–Crippen LogP) is 3.37. The van der Waals surface area contributed by atoms with Gasteiger partial charge >= 0.3 is 0 Å². The van der Waals surface area contributed by atoms with E-state index in [-0.39, 0.29) is 16.5 Å². The molecule has 0 spiro atoms. The fourth-order valence-electron chi connectivity index (χ4n) is 1.74. The Balaban J connectivity index is 3.21. The molecule has 0 heterocycles. The number of rotatable bonds is 6. The van der Waals surface area contributed by atoms with Crippen molar-refractivity contribution in [2.75, 3.05) is 14.2 Å². The maximum absolute atomic E-state index is 11.1. The molecule has 0 aliphatic heterocycles. The number of methoxy groups -OCH3 is 2. The number of nitrogens with zero attached hydrogens (tertiary/aromatic N) is 1. The van der Waals surface area contributed by atoms with E-state index in [0.717, 1.165) is 0 Å². The van der Waals surface area contributed by atoms with E-state index < -0.39 is 0 Å². The first-order chi connectivity index (χ1) is 8.97. The van der Waals surface area contributed by atoms with Gasteiger partial charge in [0.15, 0.2) is 0 Å². The van der Waals surface area contributed by atoms with Crippen molar-refractivity contribution in [1.29, 1.82) is 0 Å². The number of allylic oxidation sites excluding steroid dienone is 1. The molecule has 0 N–H and O–H groups in total. The van der Waals surface area contributed by atoms with Crippen LogP contribution in [0.5, 0.6) is 11.5 Å². The van der Waals surface area contributed by atoms with Gasteiger partial charge in [-0.3, -0.25) is 10.1 Å². The third kappa shape index (κ3) is 4.28. The molecule has 0 aliphatic carbocycles. The van der Waals surface area contributed by atoms with Crippen LogP contribution in [0.2, 0.25) is 0 Å². The van der Waals surface area contributed by atoms with Crippen LogP contribution in [0.25, 0.3) is 6.08 Å². The van der Waals surface area contributed by atoms with E-state index in [4.69, 9.17) is 9.47 Å². The normalized spacial score (nSPS) is 11.5. The molecule has 0 aromatic heterocycles. The van der Waals surface area contributed by atoms with Crippen LogP contribution in [-0.4, -0.2) is 19.1 Å². The van der Waals surface area contributed by atoms with Gasteiger partial charge in [0.25, 0.3) is 0 Å². The summed E-state index contributed by atoms with van der Waals surface area (Å²) in [4.78, 5) is 10.7. The lowest BCUT2D eigenvalue weighted by atomic mass is 10.1. The average Bonchev–Trinajstić information content (AvgIpc) is 2.37. The number of benzene rings is 1. The quantitative estimate of drug-likeness (QED) is 0.584. The summed E-state index contributed by atoms with van der Waals surface area (Å²) < 4.78 is 10.3. The highest BCUT2D eigenvalue weighted by atomic mass is 16.6. The summed E-state index contributed by atoms with van der Waals surface area (Å²) in [6, 6.07) is 5.21. The lowest BCUT2D eigenvalue weighted by Crippen LogP contribution is -2.03. The topological polar surface area (TPSA) is 61.6 Å². The van der Waals surface area contributed by atoms with Crippen molar-refractivity contribution < 1.29 is 14.4 Å². The molecule has 19 heavy (non-hydrogen) atoms. The minimum Gasteiger partial charge on any atom is -0.497 e. The van der Waals surface area contributed by atoms with E-state index in [0.29, 0.717) is 23.5 Å². The van der Waals surface area contributed by atoms with Crippen LogP contribution in [0.4, 0.5) is 0 Å². The molecule has 0 radical (unpaired) electrons. The van der Waals surface area contributed by atoms with Crippen molar-refractivity contribution in [3.63, 3.8) is 0 Å². The zero-order valence-corrected chi connectivity index (χ0v) is 11.7. The van der Waals surface area contributed by atoms with E-state index in [9.17, 15) is 10.1 Å². The van der Waals surface area contributed by atoms with Crippen molar-refractivity contribution in [2.45, 2.75) is 20.3 Å². The van der Waals surface area contributed by atoms with Gasteiger partial charge in [0.1, 0.15) is 11.5 Å². The van der Waals surface area contributed by atoms with Crippen LogP contribution < -0.4 is 9.47 Å². The zero-order chi connectivity index (χ0) is 14.4. The summed E-state index contributed by atoms with van der Waals surface area (Å²) >= 11 is 0. The number of hydrogen-bond acceptors (Lipinski definition) is 4. The summed E-state index contributed by atoms with van der Waals surface area (Å²) in [6.07, 6.45) is 1.95. The molecule has 0 fully saturated rings. The second kappa shape index (κ2) is 6.78. The van der Waals surface area contributed by atoms with E-state index in [1.807, 2.05) is 13.8 Å². The molecular weight excluding hydrogens is 246 g/mol. The van der Waals surface area contributed by atoms with Gasteiger partial charge in [-0.25, -0.2) is 0 Å². The number of hydrogen-bond donors (Lipinski definition) is 0. The highest BCUT2D eigenvalue weighted by Gasteiger charge is 2.15. The molecule has 1 aromatic carbocycles. The fourth-order valence-corrected chi connectivity index (χ4v) is 1.74. The van der Waals surface area contributed by atoms with Gasteiger partial charge in [-0.05, 0) is 24.1 Å². The van der Waals surface area contributed by atoms with E-state index in [1.54, 1.807) is 31.4 Å². The molecule has 0 saturated heterocycles. The Kier molecular flexibility index (Phi) is 5.36. The minimum atomic E-state index is -0.348. The molecule has 0 atom stereocenters. The molecule has 0 aliphatic rings. The number of nitro groups is 1. The molecule has 0 unspecified atom stereocenters. The van der Waals surface area contributed by atoms with Gasteiger partial charge in [-0.1, -0.05) is 13.8 Å². The smallest absolute Gasteiger partial charge is 0.247 e. The Bertz CT molecular complexity index is 480. The molecule has 0 bridgehead atoms. The summed E-state index contributed by atoms with van der Waals surface area (Å²) in [7, 11) is 3.09. The SMILES string of the molecule is COc1ccc(OC)c(C=C(CC(C)C)[N+](=O)[O-])c1. The molecule has 1 rings (SSSR count). The number of ether oxygens (including phenoxy) is 2. The molecule has 0 saturated carbocycles. The van der Waals surface area contributed by atoms with E-state index >= 15 is 0 Å². The summed E-state index contributed by atoms with van der Waals surface area (Å²) in [5.74, 6) is 1.44. The Morgan fingerprint density at radius 1 is 1.37 bits per heavy atom. The molecule has 0 amide bonds. The van der Waals surface area contributed by atoms with Crippen molar-refractivity contribution in [2.24, 2.45) is 5.92 Å². The minimum absolute atomic E-state index is 0.168. The first-order valence-electron chi connectivity index (χ1n) is 6.05. The Hall–Kier alpha value is -2.04. The second-order valence-electron chi connectivity index (χ2n) is 4.60. The average molecular weight is 265 g/mol. The maximum atomic E-state index is 11.1. The van der Waals surface area contributed by atoms with Crippen LogP contribution >= 0.6 is 0 Å². The van der Waals surface area contributed by atoms with Crippen LogP contribution in [0.1, 0.15) is 25.8 Å². The van der Waals surface area contributed by atoms with E-state index in [2.05, 4.69) is 0 Å².